The zero-order chi connectivity index (χ0) is 14.3. The Labute approximate surface area is 121 Å². The first-order valence-electron chi connectivity index (χ1n) is 6.72. The standard InChI is InChI=1S/C15H23N3S/c1-5-18(6-2)11-12(3)17-14-8-7-9-15(19-4)13(14)10-16/h7-9,12,17H,5-6,11H2,1-4H3. The van der Waals surface area contributed by atoms with Crippen molar-refractivity contribution < 1.29 is 0 Å². The van der Waals surface area contributed by atoms with Crippen LogP contribution in [0.25, 0.3) is 0 Å². The minimum Gasteiger partial charge on any atom is -0.380 e. The van der Waals surface area contributed by atoms with Gasteiger partial charge in [0.2, 0.25) is 0 Å². The van der Waals surface area contributed by atoms with Crippen LogP contribution in [0.3, 0.4) is 0 Å². The van der Waals surface area contributed by atoms with Crippen molar-refractivity contribution in [3.05, 3.63) is 23.8 Å². The molecule has 0 spiro atoms. The summed E-state index contributed by atoms with van der Waals surface area (Å²) < 4.78 is 0. The number of nitriles is 1. The van der Waals surface area contributed by atoms with E-state index in [2.05, 4.69) is 37.1 Å². The maximum absolute atomic E-state index is 9.30. The second-order valence-electron chi connectivity index (χ2n) is 4.53. The smallest absolute Gasteiger partial charge is 0.102 e. The lowest BCUT2D eigenvalue weighted by Gasteiger charge is -2.24. The average molecular weight is 277 g/mol. The number of hydrogen-bond acceptors (Lipinski definition) is 4. The average Bonchev–Trinajstić information content (AvgIpc) is 2.44. The molecule has 1 atom stereocenters. The molecule has 4 heteroatoms. The highest BCUT2D eigenvalue weighted by Crippen LogP contribution is 2.26. The van der Waals surface area contributed by atoms with Crippen LogP contribution in [0.15, 0.2) is 23.1 Å². The number of nitrogens with one attached hydrogen (secondary N) is 1. The second-order valence-corrected chi connectivity index (χ2v) is 5.37. The molecule has 104 valence electrons. The predicted molar refractivity (Wildman–Crippen MR) is 83.8 cm³/mol. The highest BCUT2D eigenvalue weighted by atomic mass is 32.2. The van der Waals surface area contributed by atoms with Crippen LogP contribution in [-0.4, -0.2) is 36.8 Å². The van der Waals surface area contributed by atoms with Gasteiger partial charge in [-0.15, -0.1) is 11.8 Å². The van der Waals surface area contributed by atoms with Crippen molar-refractivity contribution in [3.8, 4) is 6.07 Å². The minimum absolute atomic E-state index is 0.323. The Morgan fingerprint density at radius 1 is 1.37 bits per heavy atom. The van der Waals surface area contributed by atoms with Crippen molar-refractivity contribution in [2.45, 2.75) is 31.7 Å². The van der Waals surface area contributed by atoms with E-state index in [4.69, 9.17) is 0 Å². The first-order valence-corrected chi connectivity index (χ1v) is 7.94. The normalized spacial score (nSPS) is 12.2. The topological polar surface area (TPSA) is 39.1 Å². The van der Waals surface area contributed by atoms with Crippen LogP contribution in [0.4, 0.5) is 5.69 Å². The molecule has 3 nitrogen and oxygen atoms in total. The van der Waals surface area contributed by atoms with Crippen molar-refractivity contribution in [1.82, 2.24) is 4.90 Å². The third-order valence-corrected chi connectivity index (χ3v) is 3.97. The van der Waals surface area contributed by atoms with Crippen LogP contribution in [0.2, 0.25) is 0 Å². The summed E-state index contributed by atoms with van der Waals surface area (Å²) in [6.45, 7) is 9.60. The van der Waals surface area contributed by atoms with Gasteiger partial charge in [-0.05, 0) is 38.4 Å². The Morgan fingerprint density at radius 2 is 2.05 bits per heavy atom. The Hall–Kier alpha value is -1.18. The number of hydrogen-bond donors (Lipinski definition) is 1. The van der Waals surface area contributed by atoms with E-state index in [0.717, 1.165) is 35.8 Å². The van der Waals surface area contributed by atoms with Gasteiger partial charge in [-0.2, -0.15) is 5.26 Å². The number of benzene rings is 1. The number of nitrogens with zero attached hydrogens (tertiary/aromatic N) is 2. The highest BCUT2D eigenvalue weighted by molar-refractivity contribution is 7.98. The summed E-state index contributed by atoms with van der Waals surface area (Å²) in [6, 6.07) is 8.60. The van der Waals surface area contributed by atoms with Crippen LogP contribution in [0.1, 0.15) is 26.3 Å². The van der Waals surface area contributed by atoms with E-state index in [1.54, 1.807) is 11.8 Å². The van der Waals surface area contributed by atoms with E-state index < -0.39 is 0 Å². The predicted octanol–water partition coefficient (Wildman–Crippen LogP) is 3.42. The van der Waals surface area contributed by atoms with Gasteiger partial charge in [0.1, 0.15) is 6.07 Å². The Bertz CT molecular complexity index is 436. The lowest BCUT2D eigenvalue weighted by molar-refractivity contribution is 0.295. The molecule has 0 saturated carbocycles. The van der Waals surface area contributed by atoms with Crippen LogP contribution < -0.4 is 5.32 Å². The number of thioether (sulfide) groups is 1. The summed E-state index contributed by atoms with van der Waals surface area (Å²) in [5.41, 5.74) is 1.69. The molecule has 19 heavy (non-hydrogen) atoms. The lowest BCUT2D eigenvalue weighted by atomic mass is 10.1. The van der Waals surface area contributed by atoms with Gasteiger partial charge >= 0.3 is 0 Å². The van der Waals surface area contributed by atoms with Crippen LogP contribution in [0, 0.1) is 11.3 Å². The summed E-state index contributed by atoms with van der Waals surface area (Å²) in [5.74, 6) is 0. The van der Waals surface area contributed by atoms with Crippen molar-refractivity contribution in [1.29, 1.82) is 5.26 Å². The molecule has 1 rings (SSSR count). The fourth-order valence-corrected chi connectivity index (χ4v) is 2.69. The van der Waals surface area contributed by atoms with E-state index in [-0.39, 0.29) is 0 Å². The van der Waals surface area contributed by atoms with Gasteiger partial charge in [-0.25, -0.2) is 0 Å². The van der Waals surface area contributed by atoms with Crippen molar-refractivity contribution in [2.75, 3.05) is 31.2 Å². The number of anilines is 1. The maximum Gasteiger partial charge on any atom is 0.102 e. The molecule has 0 radical (unpaired) electrons. The fraction of sp³-hybridized carbons (Fsp3) is 0.533. The molecule has 0 bridgehead atoms. The Kier molecular flexibility index (Phi) is 6.75. The third-order valence-electron chi connectivity index (χ3n) is 3.19. The molecule has 0 aliphatic carbocycles. The zero-order valence-corrected chi connectivity index (χ0v) is 13.0. The van der Waals surface area contributed by atoms with Gasteiger partial charge < -0.3 is 10.2 Å². The van der Waals surface area contributed by atoms with E-state index in [1.165, 1.54) is 0 Å². The first kappa shape index (κ1) is 15.9. The monoisotopic (exact) mass is 277 g/mol. The van der Waals surface area contributed by atoms with Crippen molar-refractivity contribution in [2.24, 2.45) is 0 Å². The van der Waals surface area contributed by atoms with Crippen molar-refractivity contribution in [3.63, 3.8) is 0 Å². The molecule has 0 aliphatic heterocycles. The van der Waals surface area contributed by atoms with Gasteiger partial charge in [-0.3, -0.25) is 0 Å². The molecule has 0 fully saturated rings. The van der Waals surface area contributed by atoms with Gasteiger partial charge in [-0.1, -0.05) is 19.9 Å². The largest absolute Gasteiger partial charge is 0.380 e. The molecule has 0 saturated heterocycles. The molecule has 0 aromatic heterocycles. The zero-order valence-electron chi connectivity index (χ0n) is 12.2. The summed E-state index contributed by atoms with van der Waals surface area (Å²) in [6.07, 6.45) is 2.00. The molecule has 1 aromatic carbocycles. The first-order chi connectivity index (χ1) is 9.15. The SMILES string of the molecule is CCN(CC)CC(C)Nc1cccc(SC)c1C#N. The highest BCUT2D eigenvalue weighted by Gasteiger charge is 2.11. The van der Waals surface area contributed by atoms with Crippen LogP contribution >= 0.6 is 11.8 Å². The molecule has 0 heterocycles. The summed E-state index contributed by atoms with van der Waals surface area (Å²) in [7, 11) is 0. The number of likely N-dealkylation sites (N-methyl/N-ethyl adjacent to an activating group) is 1. The van der Waals surface area contributed by atoms with Crippen LogP contribution in [0.5, 0.6) is 0 Å². The quantitative estimate of drug-likeness (QED) is 0.775. The minimum atomic E-state index is 0.323. The molecular formula is C15H23N3S. The Balaban J connectivity index is 2.79. The van der Waals surface area contributed by atoms with E-state index in [9.17, 15) is 5.26 Å². The lowest BCUT2D eigenvalue weighted by Crippen LogP contribution is -2.34. The second kappa shape index (κ2) is 8.08. The Morgan fingerprint density at radius 3 is 2.58 bits per heavy atom. The molecule has 0 aliphatic rings. The van der Waals surface area contributed by atoms with E-state index in [0.29, 0.717) is 6.04 Å². The maximum atomic E-state index is 9.30. The third kappa shape index (κ3) is 4.45. The molecule has 1 aromatic rings. The van der Waals surface area contributed by atoms with E-state index >= 15 is 0 Å². The molecular weight excluding hydrogens is 254 g/mol. The molecule has 0 amide bonds. The summed E-state index contributed by atoms with van der Waals surface area (Å²) >= 11 is 1.61. The van der Waals surface area contributed by atoms with Crippen molar-refractivity contribution >= 4 is 17.4 Å². The summed E-state index contributed by atoms with van der Waals surface area (Å²) in [5, 5.41) is 12.8. The summed E-state index contributed by atoms with van der Waals surface area (Å²) in [4.78, 5) is 3.41. The molecule has 1 N–H and O–H groups in total. The number of rotatable bonds is 7. The van der Waals surface area contributed by atoms with Gasteiger partial charge in [0.05, 0.1) is 11.3 Å². The van der Waals surface area contributed by atoms with E-state index in [1.807, 2.05) is 24.5 Å². The van der Waals surface area contributed by atoms with Gasteiger partial charge in [0.25, 0.3) is 0 Å². The fourth-order valence-electron chi connectivity index (χ4n) is 2.12. The van der Waals surface area contributed by atoms with Gasteiger partial charge in [0, 0.05) is 17.5 Å². The van der Waals surface area contributed by atoms with Crippen LogP contribution in [-0.2, 0) is 0 Å². The molecule has 1 unspecified atom stereocenters. The van der Waals surface area contributed by atoms with Gasteiger partial charge in [0.15, 0.2) is 0 Å².